The molecule has 0 saturated heterocycles. The third-order valence-corrected chi connectivity index (χ3v) is 3.66. The van der Waals surface area contributed by atoms with Crippen LogP contribution in [0.15, 0.2) is 42.5 Å². The lowest BCUT2D eigenvalue weighted by Crippen LogP contribution is -2.30. The molecule has 6 heteroatoms. The first-order chi connectivity index (χ1) is 11.5. The molecule has 0 saturated carbocycles. The van der Waals surface area contributed by atoms with Gasteiger partial charge in [0.1, 0.15) is 0 Å². The third-order valence-electron chi connectivity index (χ3n) is 3.66. The number of benzene rings is 2. The van der Waals surface area contributed by atoms with E-state index in [1.54, 1.807) is 18.2 Å². The van der Waals surface area contributed by atoms with Crippen molar-refractivity contribution < 1.29 is 23.8 Å². The molecule has 1 aliphatic rings. The zero-order valence-corrected chi connectivity index (χ0v) is 13.4. The Kier molecular flexibility index (Phi) is 4.37. The number of ether oxygens (including phenoxy) is 3. The summed E-state index contributed by atoms with van der Waals surface area (Å²) in [6.45, 7) is 3.54. The lowest BCUT2D eigenvalue weighted by atomic mass is 10.2. The van der Waals surface area contributed by atoms with Crippen LogP contribution >= 0.6 is 0 Å². The molecule has 124 valence electrons. The van der Waals surface area contributed by atoms with Gasteiger partial charge in [-0.05, 0) is 43.7 Å². The molecule has 0 bridgehead atoms. The molecule has 0 fully saturated rings. The van der Waals surface area contributed by atoms with E-state index in [1.807, 2.05) is 25.1 Å². The molecule has 1 heterocycles. The van der Waals surface area contributed by atoms with Crippen molar-refractivity contribution in [3.05, 3.63) is 53.6 Å². The Hall–Kier alpha value is -3.02. The Labute approximate surface area is 139 Å². The van der Waals surface area contributed by atoms with Crippen molar-refractivity contribution in [3.8, 4) is 11.5 Å². The molecule has 1 atom stereocenters. The molecule has 1 amide bonds. The van der Waals surface area contributed by atoms with Gasteiger partial charge in [0.05, 0.1) is 5.56 Å². The number of anilines is 1. The molecule has 2 aromatic carbocycles. The highest BCUT2D eigenvalue weighted by atomic mass is 16.7. The van der Waals surface area contributed by atoms with Crippen molar-refractivity contribution in [2.24, 2.45) is 0 Å². The number of esters is 1. The van der Waals surface area contributed by atoms with E-state index in [1.165, 1.54) is 13.0 Å². The molecule has 1 aliphatic heterocycles. The second-order valence-electron chi connectivity index (χ2n) is 5.42. The first-order valence-electron chi connectivity index (χ1n) is 7.52. The number of hydrogen-bond acceptors (Lipinski definition) is 5. The van der Waals surface area contributed by atoms with Crippen molar-refractivity contribution in [2.45, 2.75) is 20.0 Å². The molecule has 0 radical (unpaired) electrons. The van der Waals surface area contributed by atoms with E-state index in [2.05, 4.69) is 5.32 Å². The second kappa shape index (κ2) is 6.62. The van der Waals surface area contributed by atoms with Crippen LogP contribution in [0, 0.1) is 6.92 Å². The summed E-state index contributed by atoms with van der Waals surface area (Å²) in [6, 6.07) is 12.1. The van der Waals surface area contributed by atoms with Crippen molar-refractivity contribution >= 4 is 17.6 Å². The number of nitrogens with one attached hydrogen (secondary N) is 1. The van der Waals surface area contributed by atoms with Crippen molar-refractivity contribution in [1.29, 1.82) is 0 Å². The third kappa shape index (κ3) is 3.32. The van der Waals surface area contributed by atoms with Crippen molar-refractivity contribution in [1.82, 2.24) is 0 Å². The van der Waals surface area contributed by atoms with Crippen molar-refractivity contribution in [3.63, 3.8) is 0 Å². The van der Waals surface area contributed by atoms with Crippen LogP contribution < -0.4 is 14.8 Å². The topological polar surface area (TPSA) is 73.9 Å². The van der Waals surface area contributed by atoms with E-state index < -0.39 is 18.0 Å². The molecule has 24 heavy (non-hydrogen) atoms. The van der Waals surface area contributed by atoms with Crippen LogP contribution in [0.25, 0.3) is 0 Å². The Bertz CT molecular complexity index is 787. The Morgan fingerprint density at radius 1 is 1.12 bits per heavy atom. The smallest absolute Gasteiger partial charge is 0.339 e. The van der Waals surface area contributed by atoms with E-state index in [0.29, 0.717) is 22.7 Å². The maximum Gasteiger partial charge on any atom is 0.339 e. The van der Waals surface area contributed by atoms with Crippen LogP contribution in [-0.4, -0.2) is 24.8 Å². The first kappa shape index (κ1) is 15.9. The summed E-state index contributed by atoms with van der Waals surface area (Å²) >= 11 is 0. The Balaban J connectivity index is 1.63. The fourth-order valence-corrected chi connectivity index (χ4v) is 2.25. The van der Waals surface area contributed by atoms with Gasteiger partial charge in [0.25, 0.3) is 5.91 Å². The zero-order chi connectivity index (χ0) is 17.1. The molecular weight excluding hydrogens is 310 g/mol. The predicted molar refractivity (Wildman–Crippen MR) is 87.3 cm³/mol. The predicted octanol–water partition coefficient (Wildman–Crippen LogP) is 2.91. The van der Waals surface area contributed by atoms with E-state index in [-0.39, 0.29) is 6.79 Å². The lowest BCUT2D eigenvalue weighted by molar-refractivity contribution is -0.123. The number of rotatable bonds is 4. The minimum Gasteiger partial charge on any atom is -0.454 e. The number of carbonyl (C=O) groups excluding carboxylic acids is 2. The number of aryl methyl sites for hydroxylation is 1. The van der Waals surface area contributed by atoms with Gasteiger partial charge in [0.2, 0.25) is 6.79 Å². The number of carbonyl (C=O) groups is 2. The van der Waals surface area contributed by atoms with Crippen LogP contribution in [0.5, 0.6) is 11.5 Å². The van der Waals surface area contributed by atoms with E-state index in [0.717, 1.165) is 5.56 Å². The summed E-state index contributed by atoms with van der Waals surface area (Å²) in [4.78, 5) is 24.4. The largest absolute Gasteiger partial charge is 0.454 e. The molecule has 6 nitrogen and oxygen atoms in total. The van der Waals surface area contributed by atoms with Gasteiger partial charge in [-0.15, -0.1) is 0 Å². The lowest BCUT2D eigenvalue weighted by Gasteiger charge is -2.14. The van der Waals surface area contributed by atoms with Crippen LogP contribution in [0.1, 0.15) is 22.8 Å². The molecular formula is C18H17NO5. The average molecular weight is 327 g/mol. The molecule has 3 rings (SSSR count). The molecule has 0 spiro atoms. The number of amides is 1. The van der Waals surface area contributed by atoms with Crippen LogP contribution in [0.3, 0.4) is 0 Å². The summed E-state index contributed by atoms with van der Waals surface area (Å²) in [6.07, 6.45) is -0.928. The van der Waals surface area contributed by atoms with Crippen LogP contribution in [0.4, 0.5) is 5.69 Å². The van der Waals surface area contributed by atoms with Gasteiger partial charge in [-0.1, -0.05) is 18.2 Å². The van der Waals surface area contributed by atoms with Crippen LogP contribution in [0.2, 0.25) is 0 Å². The van der Waals surface area contributed by atoms with Crippen molar-refractivity contribution in [2.75, 3.05) is 12.1 Å². The molecule has 2 aromatic rings. The zero-order valence-electron chi connectivity index (χ0n) is 13.4. The summed E-state index contributed by atoms with van der Waals surface area (Å²) in [7, 11) is 0. The summed E-state index contributed by atoms with van der Waals surface area (Å²) < 4.78 is 15.6. The van der Waals surface area contributed by atoms with E-state index in [4.69, 9.17) is 14.2 Å². The van der Waals surface area contributed by atoms with E-state index in [9.17, 15) is 9.59 Å². The maximum atomic E-state index is 12.2. The first-order valence-corrected chi connectivity index (χ1v) is 7.52. The molecule has 1 N–H and O–H groups in total. The van der Waals surface area contributed by atoms with E-state index >= 15 is 0 Å². The van der Waals surface area contributed by atoms with Gasteiger partial charge in [0.15, 0.2) is 17.6 Å². The minimum atomic E-state index is -0.928. The summed E-state index contributed by atoms with van der Waals surface area (Å²) in [5.41, 5.74) is 1.92. The standard InChI is InChI=1S/C18H17NO5/c1-11-5-3-4-6-14(11)19-17(20)12(2)24-18(21)13-7-8-15-16(9-13)23-10-22-15/h3-9,12H,10H2,1-2H3,(H,19,20). The highest BCUT2D eigenvalue weighted by Gasteiger charge is 2.22. The number of hydrogen-bond donors (Lipinski definition) is 1. The minimum absolute atomic E-state index is 0.128. The number of para-hydroxylation sites is 1. The molecule has 0 aromatic heterocycles. The fourth-order valence-electron chi connectivity index (χ4n) is 2.25. The average Bonchev–Trinajstić information content (AvgIpc) is 3.04. The molecule has 1 unspecified atom stereocenters. The summed E-state index contributed by atoms with van der Waals surface area (Å²) in [5, 5.41) is 2.75. The normalized spacial score (nSPS) is 13.2. The van der Waals surface area contributed by atoms with Gasteiger partial charge in [0, 0.05) is 5.69 Å². The SMILES string of the molecule is Cc1ccccc1NC(=O)C(C)OC(=O)c1ccc2c(c1)OCO2. The fraction of sp³-hybridized carbons (Fsp3) is 0.222. The van der Waals surface area contributed by atoms with Gasteiger partial charge in [-0.3, -0.25) is 4.79 Å². The Morgan fingerprint density at radius 3 is 2.67 bits per heavy atom. The second-order valence-corrected chi connectivity index (χ2v) is 5.42. The van der Waals surface area contributed by atoms with Gasteiger partial charge >= 0.3 is 5.97 Å². The van der Waals surface area contributed by atoms with Crippen LogP contribution in [-0.2, 0) is 9.53 Å². The molecule has 0 aliphatic carbocycles. The monoisotopic (exact) mass is 327 g/mol. The van der Waals surface area contributed by atoms with Gasteiger partial charge in [-0.2, -0.15) is 0 Å². The quantitative estimate of drug-likeness (QED) is 0.874. The highest BCUT2D eigenvalue weighted by molar-refractivity contribution is 5.97. The maximum absolute atomic E-state index is 12.2. The van der Waals surface area contributed by atoms with Gasteiger partial charge < -0.3 is 19.5 Å². The number of fused-ring (bicyclic) bond motifs is 1. The summed E-state index contributed by atoms with van der Waals surface area (Å²) in [5.74, 6) is 0.0810. The highest BCUT2D eigenvalue weighted by Crippen LogP contribution is 2.32. The van der Waals surface area contributed by atoms with Gasteiger partial charge in [-0.25, -0.2) is 4.79 Å². The Morgan fingerprint density at radius 2 is 1.88 bits per heavy atom.